The highest BCUT2D eigenvalue weighted by molar-refractivity contribution is 7.92. The van der Waals surface area contributed by atoms with Gasteiger partial charge in [-0.1, -0.05) is 23.2 Å². The average Bonchev–Trinajstić information content (AvgIpc) is 2.41. The van der Waals surface area contributed by atoms with Crippen LogP contribution in [0, 0.1) is 11.6 Å². The van der Waals surface area contributed by atoms with Crippen LogP contribution in [-0.4, -0.2) is 18.4 Å². The topological polar surface area (TPSA) is 98.0 Å². The Balaban J connectivity index is 2.49. The molecule has 6 nitrogen and oxygen atoms in total. The Morgan fingerprint density at radius 3 is 2.52 bits per heavy atom. The molecule has 2 aromatic rings. The molecule has 0 saturated heterocycles. The van der Waals surface area contributed by atoms with Gasteiger partial charge in [-0.2, -0.15) is 0 Å². The van der Waals surface area contributed by atoms with Gasteiger partial charge in [-0.15, -0.1) is 0 Å². The molecule has 2 rings (SSSR count). The van der Waals surface area contributed by atoms with E-state index in [1.807, 2.05) is 4.72 Å². The SMILES string of the molecule is Nc1c(F)ccc(S(=O)(=O)Nc2ncnc(Cl)c2Cl)c1F. The molecule has 0 bridgehead atoms. The van der Waals surface area contributed by atoms with E-state index < -0.39 is 32.2 Å². The van der Waals surface area contributed by atoms with Gasteiger partial charge < -0.3 is 5.73 Å². The van der Waals surface area contributed by atoms with Gasteiger partial charge in [-0.3, -0.25) is 4.72 Å². The maximum absolute atomic E-state index is 13.8. The van der Waals surface area contributed by atoms with E-state index in [4.69, 9.17) is 28.9 Å². The van der Waals surface area contributed by atoms with Gasteiger partial charge in [0.15, 0.2) is 16.8 Å². The lowest BCUT2D eigenvalue weighted by Gasteiger charge is -2.10. The molecular weight excluding hydrogens is 349 g/mol. The minimum absolute atomic E-state index is 0.191. The zero-order valence-electron chi connectivity index (χ0n) is 9.94. The number of hydrogen-bond acceptors (Lipinski definition) is 5. The number of rotatable bonds is 3. The number of nitrogens with zero attached hydrogens (tertiary/aromatic N) is 2. The summed E-state index contributed by atoms with van der Waals surface area (Å²) in [4.78, 5) is 6.25. The van der Waals surface area contributed by atoms with E-state index >= 15 is 0 Å². The lowest BCUT2D eigenvalue weighted by atomic mass is 10.3. The zero-order valence-corrected chi connectivity index (χ0v) is 12.3. The fourth-order valence-electron chi connectivity index (χ4n) is 1.36. The van der Waals surface area contributed by atoms with E-state index in [0.717, 1.165) is 18.5 Å². The summed E-state index contributed by atoms with van der Waals surface area (Å²) in [5, 5.41) is -0.457. The summed E-state index contributed by atoms with van der Waals surface area (Å²) in [5.41, 5.74) is 4.20. The summed E-state index contributed by atoms with van der Waals surface area (Å²) >= 11 is 11.3. The van der Waals surface area contributed by atoms with Gasteiger partial charge in [0, 0.05) is 0 Å². The molecule has 0 unspecified atom stereocenters. The third kappa shape index (κ3) is 2.99. The second-order valence-corrected chi connectivity index (χ2v) is 6.09. The van der Waals surface area contributed by atoms with Crippen LogP contribution in [0.5, 0.6) is 0 Å². The molecule has 1 heterocycles. The van der Waals surface area contributed by atoms with Gasteiger partial charge in [0.05, 0.1) is 0 Å². The molecule has 0 aliphatic rings. The molecule has 1 aromatic carbocycles. The van der Waals surface area contributed by atoms with Gasteiger partial charge in [0.1, 0.15) is 27.8 Å². The van der Waals surface area contributed by atoms with Crippen molar-refractivity contribution in [2.24, 2.45) is 0 Å². The van der Waals surface area contributed by atoms with Crippen LogP contribution in [-0.2, 0) is 10.0 Å². The number of halogens is 4. The predicted molar refractivity (Wildman–Crippen MR) is 73.6 cm³/mol. The third-order valence-electron chi connectivity index (χ3n) is 2.36. The van der Waals surface area contributed by atoms with Crippen molar-refractivity contribution in [2.75, 3.05) is 10.5 Å². The molecule has 11 heteroatoms. The first-order valence-corrected chi connectivity index (χ1v) is 7.40. The molecule has 0 saturated carbocycles. The number of nitrogen functional groups attached to an aromatic ring is 1. The van der Waals surface area contributed by atoms with E-state index in [1.165, 1.54) is 0 Å². The van der Waals surface area contributed by atoms with Crippen molar-refractivity contribution in [3.8, 4) is 0 Å². The summed E-state index contributed by atoms with van der Waals surface area (Å²) in [6.45, 7) is 0. The number of benzene rings is 1. The fraction of sp³-hybridized carbons (Fsp3) is 0. The molecule has 0 atom stereocenters. The summed E-state index contributed by atoms with van der Waals surface area (Å²) in [6.07, 6.45) is 0.960. The first kappa shape index (κ1) is 15.7. The maximum Gasteiger partial charge on any atom is 0.266 e. The standard InChI is InChI=1S/C10H6Cl2F2N4O2S/c11-6-9(12)16-3-17-10(6)18-21(19,20)5-2-1-4(13)8(15)7(5)14/h1-3H,15H2,(H,16,17,18). The molecule has 0 aliphatic heterocycles. The number of aromatic nitrogens is 2. The minimum Gasteiger partial charge on any atom is -0.394 e. The van der Waals surface area contributed by atoms with Crippen LogP contribution in [0.25, 0.3) is 0 Å². The van der Waals surface area contributed by atoms with E-state index in [2.05, 4.69) is 9.97 Å². The Hall–Kier alpha value is -1.71. The van der Waals surface area contributed by atoms with E-state index in [0.29, 0.717) is 0 Å². The van der Waals surface area contributed by atoms with Gasteiger partial charge in [0.2, 0.25) is 0 Å². The van der Waals surface area contributed by atoms with Crippen molar-refractivity contribution in [3.63, 3.8) is 0 Å². The summed E-state index contributed by atoms with van der Waals surface area (Å²) in [5.74, 6) is -2.84. The Bertz CT molecular complexity index is 817. The number of sulfonamides is 1. The largest absolute Gasteiger partial charge is 0.394 e. The molecular formula is C10H6Cl2F2N4O2S. The summed E-state index contributed by atoms with van der Waals surface area (Å²) < 4.78 is 52.9. The highest BCUT2D eigenvalue weighted by Gasteiger charge is 2.24. The lowest BCUT2D eigenvalue weighted by Crippen LogP contribution is -2.17. The normalized spacial score (nSPS) is 11.4. The van der Waals surface area contributed by atoms with Crippen LogP contribution in [0.15, 0.2) is 23.4 Å². The molecule has 0 amide bonds. The van der Waals surface area contributed by atoms with E-state index in [-0.39, 0.29) is 16.0 Å². The van der Waals surface area contributed by atoms with Crippen molar-refractivity contribution in [1.29, 1.82) is 0 Å². The first-order valence-electron chi connectivity index (χ1n) is 5.16. The first-order chi connectivity index (χ1) is 9.74. The fourth-order valence-corrected chi connectivity index (χ4v) is 2.81. The molecule has 1 aromatic heterocycles. The molecule has 0 radical (unpaired) electrons. The molecule has 112 valence electrons. The van der Waals surface area contributed by atoms with Crippen LogP contribution in [0.1, 0.15) is 0 Å². The average molecular weight is 355 g/mol. The molecule has 3 N–H and O–H groups in total. The van der Waals surface area contributed by atoms with Crippen LogP contribution in [0.2, 0.25) is 10.2 Å². The molecule has 0 fully saturated rings. The molecule has 0 spiro atoms. The number of anilines is 2. The van der Waals surface area contributed by atoms with Crippen LogP contribution in [0.4, 0.5) is 20.3 Å². The predicted octanol–water partition coefficient (Wildman–Crippen LogP) is 2.44. The second-order valence-electron chi connectivity index (χ2n) is 3.71. The van der Waals surface area contributed by atoms with Crippen LogP contribution < -0.4 is 10.5 Å². The van der Waals surface area contributed by atoms with Crippen molar-refractivity contribution < 1.29 is 17.2 Å². The van der Waals surface area contributed by atoms with Crippen LogP contribution in [0.3, 0.4) is 0 Å². The smallest absolute Gasteiger partial charge is 0.266 e. The number of nitrogens with two attached hydrogens (primary N) is 1. The van der Waals surface area contributed by atoms with Crippen molar-refractivity contribution >= 4 is 44.7 Å². The van der Waals surface area contributed by atoms with Crippen molar-refractivity contribution in [2.45, 2.75) is 4.90 Å². The number of nitrogens with one attached hydrogen (secondary N) is 1. The second kappa shape index (κ2) is 5.58. The lowest BCUT2D eigenvalue weighted by molar-refractivity contribution is 0.557. The summed E-state index contributed by atoms with van der Waals surface area (Å²) in [7, 11) is -4.43. The molecule has 0 aliphatic carbocycles. The highest BCUT2D eigenvalue weighted by atomic mass is 35.5. The summed E-state index contributed by atoms with van der Waals surface area (Å²) in [6, 6.07) is 1.45. The Kier molecular flexibility index (Phi) is 4.17. The monoisotopic (exact) mass is 354 g/mol. The van der Waals surface area contributed by atoms with Gasteiger partial charge in [0.25, 0.3) is 10.0 Å². The zero-order chi connectivity index (χ0) is 15.8. The van der Waals surface area contributed by atoms with Crippen molar-refractivity contribution in [1.82, 2.24) is 9.97 Å². The quantitative estimate of drug-likeness (QED) is 0.651. The van der Waals surface area contributed by atoms with Gasteiger partial charge in [-0.05, 0) is 12.1 Å². The third-order valence-corrected chi connectivity index (χ3v) is 4.46. The molecule has 21 heavy (non-hydrogen) atoms. The van der Waals surface area contributed by atoms with E-state index in [1.54, 1.807) is 0 Å². The van der Waals surface area contributed by atoms with Crippen LogP contribution >= 0.6 is 23.2 Å². The Labute approximate surface area is 128 Å². The Morgan fingerprint density at radius 1 is 1.19 bits per heavy atom. The maximum atomic E-state index is 13.8. The van der Waals surface area contributed by atoms with Crippen molar-refractivity contribution in [3.05, 3.63) is 40.3 Å². The van der Waals surface area contributed by atoms with E-state index in [9.17, 15) is 17.2 Å². The Morgan fingerprint density at radius 2 is 1.86 bits per heavy atom. The van der Waals surface area contributed by atoms with Gasteiger partial charge in [-0.25, -0.2) is 27.2 Å². The number of hydrogen-bond donors (Lipinski definition) is 2. The highest BCUT2D eigenvalue weighted by Crippen LogP contribution is 2.29. The minimum atomic E-state index is -4.43. The van der Waals surface area contributed by atoms with Gasteiger partial charge >= 0.3 is 0 Å².